The minimum Gasteiger partial charge on any atom is -0.393 e. The summed E-state index contributed by atoms with van der Waals surface area (Å²) >= 11 is 0. The van der Waals surface area contributed by atoms with E-state index in [9.17, 15) is 9.90 Å². The quantitative estimate of drug-likeness (QED) is 0.793. The molecule has 0 aromatic heterocycles. The van der Waals surface area contributed by atoms with Crippen LogP contribution in [0.15, 0.2) is 24.3 Å². The number of carbonyl (C=O) groups excluding carboxylic acids is 1. The van der Waals surface area contributed by atoms with Gasteiger partial charge < -0.3 is 20.6 Å². The number of amides is 2. The number of carbonyl (C=O) groups is 1. The van der Waals surface area contributed by atoms with Gasteiger partial charge in [-0.25, -0.2) is 4.79 Å². The molecule has 1 aromatic rings. The largest absolute Gasteiger partial charge is 0.393 e. The van der Waals surface area contributed by atoms with Crippen LogP contribution in [0, 0.1) is 5.92 Å². The van der Waals surface area contributed by atoms with Crippen molar-refractivity contribution in [3.05, 3.63) is 24.3 Å². The van der Waals surface area contributed by atoms with Gasteiger partial charge in [-0.3, -0.25) is 0 Å². The number of rotatable bonds is 4. The Balaban J connectivity index is 1.48. The van der Waals surface area contributed by atoms with E-state index in [1.54, 1.807) is 0 Å². The van der Waals surface area contributed by atoms with E-state index >= 15 is 0 Å². The van der Waals surface area contributed by atoms with Crippen molar-refractivity contribution in [3.8, 4) is 0 Å². The molecule has 3 rings (SSSR count). The molecule has 1 aromatic carbocycles. The third-order valence-electron chi connectivity index (χ3n) is 5.13. The number of nitrogens with zero attached hydrogens (tertiary/aromatic N) is 1. The summed E-state index contributed by atoms with van der Waals surface area (Å²) in [7, 11) is 0. The molecule has 1 aliphatic heterocycles. The lowest BCUT2D eigenvalue weighted by Crippen LogP contribution is -2.35. The van der Waals surface area contributed by atoms with Crippen LogP contribution in [0.1, 0.15) is 44.9 Å². The normalized spacial score (nSPS) is 24.5. The van der Waals surface area contributed by atoms with Gasteiger partial charge in [0.15, 0.2) is 0 Å². The Labute approximate surface area is 144 Å². The van der Waals surface area contributed by atoms with Crippen LogP contribution in [0.3, 0.4) is 0 Å². The minimum absolute atomic E-state index is 0.161. The third kappa shape index (κ3) is 4.87. The molecule has 3 N–H and O–H groups in total. The van der Waals surface area contributed by atoms with Crippen LogP contribution in [0.4, 0.5) is 16.2 Å². The fourth-order valence-corrected chi connectivity index (χ4v) is 3.79. The van der Waals surface area contributed by atoms with E-state index in [0.717, 1.165) is 44.5 Å². The fourth-order valence-electron chi connectivity index (χ4n) is 3.79. The summed E-state index contributed by atoms with van der Waals surface area (Å²) in [6, 6.07) is 7.92. The van der Waals surface area contributed by atoms with Crippen LogP contribution >= 0.6 is 0 Å². The van der Waals surface area contributed by atoms with Crippen LogP contribution < -0.4 is 15.5 Å². The highest BCUT2D eigenvalue weighted by Gasteiger charge is 2.20. The van der Waals surface area contributed by atoms with Crippen molar-refractivity contribution < 1.29 is 9.90 Å². The van der Waals surface area contributed by atoms with Gasteiger partial charge in [-0.15, -0.1) is 0 Å². The first-order chi connectivity index (χ1) is 11.7. The predicted octanol–water partition coefficient (Wildman–Crippen LogP) is 3.35. The predicted molar refractivity (Wildman–Crippen MR) is 97.5 cm³/mol. The maximum absolute atomic E-state index is 12.1. The van der Waals surface area contributed by atoms with E-state index < -0.39 is 0 Å². The Hall–Kier alpha value is -1.75. The summed E-state index contributed by atoms with van der Waals surface area (Å²) in [4.78, 5) is 14.5. The Morgan fingerprint density at radius 2 is 2.00 bits per heavy atom. The molecular weight excluding hydrogens is 302 g/mol. The smallest absolute Gasteiger partial charge is 0.319 e. The van der Waals surface area contributed by atoms with Crippen molar-refractivity contribution in [2.45, 2.75) is 51.0 Å². The lowest BCUT2D eigenvalue weighted by atomic mass is 9.87. The van der Waals surface area contributed by atoms with Crippen molar-refractivity contribution >= 4 is 17.4 Å². The van der Waals surface area contributed by atoms with Gasteiger partial charge in [0.25, 0.3) is 0 Å². The van der Waals surface area contributed by atoms with Gasteiger partial charge >= 0.3 is 6.03 Å². The zero-order valence-electron chi connectivity index (χ0n) is 14.3. The number of hydrogen-bond donors (Lipinski definition) is 3. The molecule has 5 nitrogen and oxygen atoms in total. The standard InChI is InChI=1S/C19H29N3O2/c23-18-9-4-6-15(12-18)14-20-19(24)21-16-7-5-8-17(13-16)22-10-2-1-3-11-22/h5,7-8,13,15,18,23H,1-4,6,9-12,14H2,(H2,20,21,24). The first kappa shape index (κ1) is 17.1. The lowest BCUT2D eigenvalue weighted by Gasteiger charge is -2.29. The molecule has 2 unspecified atom stereocenters. The number of anilines is 2. The Morgan fingerprint density at radius 3 is 2.79 bits per heavy atom. The molecule has 2 amide bonds. The van der Waals surface area contributed by atoms with Crippen molar-refractivity contribution in [1.82, 2.24) is 5.32 Å². The van der Waals surface area contributed by atoms with E-state index in [2.05, 4.69) is 27.7 Å². The van der Waals surface area contributed by atoms with Gasteiger partial charge in [0.2, 0.25) is 0 Å². The van der Waals surface area contributed by atoms with Crippen molar-refractivity contribution in [1.29, 1.82) is 0 Å². The van der Waals surface area contributed by atoms with Gasteiger partial charge in [0.1, 0.15) is 0 Å². The van der Waals surface area contributed by atoms with E-state index in [0.29, 0.717) is 12.5 Å². The molecule has 1 saturated heterocycles. The van der Waals surface area contributed by atoms with Gasteiger partial charge in [0.05, 0.1) is 6.10 Å². The number of urea groups is 1. The van der Waals surface area contributed by atoms with E-state index in [-0.39, 0.29) is 12.1 Å². The molecule has 2 fully saturated rings. The highest BCUT2D eigenvalue weighted by atomic mass is 16.3. The van der Waals surface area contributed by atoms with E-state index in [1.165, 1.54) is 24.9 Å². The molecule has 2 atom stereocenters. The second-order valence-electron chi connectivity index (χ2n) is 7.12. The van der Waals surface area contributed by atoms with Gasteiger partial charge in [0, 0.05) is 31.0 Å². The molecule has 2 aliphatic rings. The molecule has 1 heterocycles. The topological polar surface area (TPSA) is 64.6 Å². The zero-order chi connectivity index (χ0) is 16.8. The fraction of sp³-hybridized carbons (Fsp3) is 0.632. The zero-order valence-corrected chi connectivity index (χ0v) is 14.3. The summed E-state index contributed by atoms with van der Waals surface area (Å²) in [6.45, 7) is 2.83. The number of aliphatic hydroxyl groups is 1. The number of benzene rings is 1. The van der Waals surface area contributed by atoms with Gasteiger partial charge in [-0.05, 0) is 62.6 Å². The lowest BCUT2D eigenvalue weighted by molar-refractivity contribution is 0.101. The number of nitrogens with one attached hydrogen (secondary N) is 2. The first-order valence-corrected chi connectivity index (χ1v) is 9.28. The van der Waals surface area contributed by atoms with Gasteiger partial charge in [-0.2, -0.15) is 0 Å². The average Bonchev–Trinajstić information content (AvgIpc) is 2.61. The highest BCUT2D eigenvalue weighted by Crippen LogP contribution is 2.24. The van der Waals surface area contributed by atoms with Crippen molar-refractivity contribution in [3.63, 3.8) is 0 Å². The Morgan fingerprint density at radius 1 is 1.17 bits per heavy atom. The molecule has 0 bridgehead atoms. The molecule has 0 radical (unpaired) electrons. The molecule has 0 spiro atoms. The molecule has 132 valence electrons. The first-order valence-electron chi connectivity index (χ1n) is 9.28. The van der Waals surface area contributed by atoms with Gasteiger partial charge in [-0.1, -0.05) is 12.5 Å². The Bertz CT molecular complexity index is 543. The number of aliphatic hydroxyl groups excluding tert-OH is 1. The summed E-state index contributed by atoms with van der Waals surface area (Å²) in [5.74, 6) is 0.388. The second kappa shape index (κ2) is 8.38. The van der Waals surface area contributed by atoms with Crippen LogP contribution in [0.2, 0.25) is 0 Å². The molecular formula is C19H29N3O2. The highest BCUT2D eigenvalue weighted by molar-refractivity contribution is 5.89. The molecule has 5 heteroatoms. The third-order valence-corrected chi connectivity index (χ3v) is 5.13. The average molecular weight is 331 g/mol. The monoisotopic (exact) mass is 331 g/mol. The Kier molecular flexibility index (Phi) is 5.96. The van der Waals surface area contributed by atoms with Crippen molar-refractivity contribution in [2.75, 3.05) is 29.9 Å². The van der Waals surface area contributed by atoms with Crippen LogP contribution in [0.5, 0.6) is 0 Å². The second-order valence-corrected chi connectivity index (χ2v) is 7.12. The maximum Gasteiger partial charge on any atom is 0.319 e. The SMILES string of the molecule is O=C(NCC1CCCC(O)C1)Nc1cccc(N2CCCCC2)c1. The van der Waals surface area contributed by atoms with Crippen LogP contribution in [-0.2, 0) is 0 Å². The molecule has 1 aliphatic carbocycles. The summed E-state index contributed by atoms with van der Waals surface area (Å²) in [5, 5.41) is 15.6. The van der Waals surface area contributed by atoms with Crippen molar-refractivity contribution in [2.24, 2.45) is 5.92 Å². The molecule has 24 heavy (non-hydrogen) atoms. The number of piperidine rings is 1. The van der Waals surface area contributed by atoms with E-state index in [4.69, 9.17) is 0 Å². The van der Waals surface area contributed by atoms with Crippen LogP contribution in [0.25, 0.3) is 0 Å². The molecule has 1 saturated carbocycles. The maximum atomic E-state index is 12.1. The number of hydrogen-bond acceptors (Lipinski definition) is 3. The van der Waals surface area contributed by atoms with E-state index in [1.807, 2.05) is 12.1 Å². The minimum atomic E-state index is -0.199. The summed E-state index contributed by atoms with van der Waals surface area (Å²) < 4.78 is 0. The summed E-state index contributed by atoms with van der Waals surface area (Å²) in [6.07, 6.45) is 7.42. The summed E-state index contributed by atoms with van der Waals surface area (Å²) in [5.41, 5.74) is 2.02. The van der Waals surface area contributed by atoms with Crippen LogP contribution in [-0.4, -0.2) is 36.9 Å².